The monoisotopic (exact) mass is 369 g/mol. The van der Waals surface area contributed by atoms with E-state index in [1.165, 1.54) is 17.3 Å². The van der Waals surface area contributed by atoms with Crippen molar-refractivity contribution < 1.29 is 0 Å². The normalized spacial score (nSPS) is 11.0. The van der Waals surface area contributed by atoms with Crippen molar-refractivity contribution in [3.8, 4) is 11.8 Å². The van der Waals surface area contributed by atoms with Gasteiger partial charge in [-0.3, -0.25) is 9.36 Å². The van der Waals surface area contributed by atoms with E-state index in [1.807, 2.05) is 39.0 Å². The first-order valence-corrected chi connectivity index (χ1v) is 9.90. The molecule has 0 aliphatic rings. The average molecular weight is 370 g/mol. The van der Waals surface area contributed by atoms with Gasteiger partial charge in [0.15, 0.2) is 5.16 Å². The molecular weight excluding hydrogens is 350 g/mol. The molecule has 0 spiro atoms. The predicted molar refractivity (Wildman–Crippen MR) is 105 cm³/mol. The highest BCUT2D eigenvalue weighted by Crippen LogP contribution is 2.30. The number of hydrogen-bond donors (Lipinski definition) is 0. The third-order valence-electron chi connectivity index (χ3n) is 4.36. The molecule has 0 amide bonds. The van der Waals surface area contributed by atoms with Gasteiger partial charge in [-0.25, -0.2) is 4.98 Å². The van der Waals surface area contributed by atoms with Crippen molar-refractivity contribution in [1.82, 2.24) is 9.55 Å². The topological polar surface area (TPSA) is 58.7 Å². The number of aromatic nitrogens is 2. The highest BCUT2D eigenvalue weighted by Gasteiger charge is 2.19. The fourth-order valence-corrected chi connectivity index (χ4v) is 4.74. The number of nitrogens with zero attached hydrogens (tertiary/aromatic N) is 3. The maximum Gasteiger partial charge on any atom is 0.267 e. The van der Waals surface area contributed by atoms with Crippen LogP contribution in [0.25, 0.3) is 15.9 Å². The second-order valence-electron chi connectivity index (χ2n) is 5.92. The third-order valence-corrected chi connectivity index (χ3v) is 6.21. The van der Waals surface area contributed by atoms with Gasteiger partial charge in [-0.1, -0.05) is 24.8 Å². The molecule has 0 saturated carbocycles. The molecular formula is C19H19N3OS2. The number of thioether (sulfide) groups is 1. The van der Waals surface area contributed by atoms with Crippen LogP contribution in [0.2, 0.25) is 0 Å². The van der Waals surface area contributed by atoms with Crippen molar-refractivity contribution in [2.24, 2.45) is 0 Å². The van der Waals surface area contributed by atoms with Gasteiger partial charge in [0, 0.05) is 4.88 Å². The maximum atomic E-state index is 13.3. The molecule has 0 fully saturated rings. The Labute approximate surface area is 155 Å². The van der Waals surface area contributed by atoms with E-state index in [0.717, 1.165) is 32.9 Å². The smallest absolute Gasteiger partial charge is 0.267 e. The molecule has 0 atom stereocenters. The molecule has 128 valence electrons. The van der Waals surface area contributed by atoms with Crippen molar-refractivity contribution in [2.75, 3.05) is 5.75 Å². The Morgan fingerprint density at radius 2 is 2.04 bits per heavy atom. The Hall–Kier alpha value is -2.10. The lowest BCUT2D eigenvalue weighted by molar-refractivity contribution is 0.821. The Morgan fingerprint density at radius 3 is 2.68 bits per heavy atom. The Morgan fingerprint density at radius 1 is 1.28 bits per heavy atom. The lowest BCUT2D eigenvalue weighted by atomic mass is 10.1. The minimum absolute atomic E-state index is 0.0464. The van der Waals surface area contributed by atoms with Gasteiger partial charge in [-0.2, -0.15) is 5.26 Å². The van der Waals surface area contributed by atoms with Gasteiger partial charge in [0.1, 0.15) is 4.83 Å². The molecule has 1 aromatic carbocycles. The van der Waals surface area contributed by atoms with E-state index < -0.39 is 0 Å². The molecule has 2 heterocycles. The number of nitriles is 1. The molecule has 0 aliphatic heterocycles. The van der Waals surface area contributed by atoms with Crippen LogP contribution >= 0.6 is 23.1 Å². The number of thiophene rings is 1. The van der Waals surface area contributed by atoms with E-state index in [1.54, 1.807) is 15.9 Å². The highest BCUT2D eigenvalue weighted by molar-refractivity contribution is 7.99. The zero-order valence-corrected chi connectivity index (χ0v) is 16.3. The summed E-state index contributed by atoms with van der Waals surface area (Å²) < 4.78 is 1.65. The van der Waals surface area contributed by atoms with Crippen LogP contribution < -0.4 is 5.56 Å². The predicted octanol–water partition coefficient (Wildman–Crippen LogP) is 4.55. The molecule has 3 rings (SSSR count). The van der Waals surface area contributed by atoms with Crippen molar-refractivity contribution in [3.63, 3.8) is 0 Å². The van der Waals surface area contributed by atoms with Crippen LogP contribution in [0.3, 0.4) is 0 Å². The highest BCUT2D eigenvalue weighted by atomic mass is 32.2. The van der Waals surface area contributed by atoms with Gasteiger partial charge < -0.3 is 0 Å². The van der Waals surface area contributed by atoms with Gasteiger partial charge in [0.2, 0.25) is 0 Å². The first-order valence-electron chi connectivity index (χ1n) is 8.10. The minimum Gasteiger partial charge on any atom is -0.268 e. The van der Waals surface area contributed by atoms with Crippen molar-refractivity contribution in [2.45, 2.75) is 39.3 Å². The molecule has 0 bridgehead atoms. The molecule has 0 unspecified atom stereocenters. The van der Waals surface area contributed by atoms with Gasteiger partial charge in [0.25, 0.3) is 5.56 Å². The van der Waals surface area contributed by atoms with Crippen LogP contribution in [0.1, 0.15) is 28.5 Å². The standard InChI is InChI=1S/C19H19N3OS2/c1-5-15-13(4)25-17-16(15)18(23)22(19(21-17)24-9-8-20)14-7-6-11(2)12(3)10-14/h6-7,10H,5,9H2,1-4H3. The van der Waals surface area contributed by atoms with E-state index in [2.05, 4.69) is 13.0 Å². The summed E-state index contributed by atoms with van der Waals surface area (Å²) in [7, 11) is 0. The summed E-state index contributed by atoms with van der Waals surface area (Å²) in [5, 5.41) is 10.2. The van der Waals surface area contributed by atoms with Crippen LogP contribution in [0.5, 0.6) is 0 Å². The summed E-state index contributed by atoms with van der Waals surface area (Å²) in [4.78, 5) is 20.0. The second kappa shape index (κ2) is 7.03. The van der Waals surface area contributed by atoms with Crippen LogP contribution in [0, 0.1) is 32.1 Å². The zero-order chi connectivity index (χ0) is 18.1. The molecule has 0 N–H and O–H groups in total. The molecule has 25 heavy (non-hydrogen) atoms. The number of aryl methyl sites for hydroxylation is 4. The number of benzene rings is 1. The number of hydrogen-bond acceptors (Lipinski definition) is 5. The van der Waals surface area contributed by atoms with Crippen LogP contribution in [0.4, 0.5) is 0 Å². The molecule has 0 saturated heterocycles. The minimum atomic E-state index is -0.0464. The van der Waals surface area contributed by atoms with Crippen LogP contribution in [-0.4, -0.2) is 15.3 Å². The fourth-order valence-electron chi connectivity index (χ4n) is 2.91. The van der Waals surface area contributed by atoms with Gasteiger partial charge in [-0.05, 0) is 56.0 Å². The fraction of sp³-hybridized carbons (Fsp3) is 0.316. The van der Waals surface area contributed by atoms with E-state index in [0.29, 0.717) is 10.5 Å². The summed E-state index contributed by atoms with van der Waals surface area (Å²) in [6, 6.07) is 8.08. The molecule has 3 aromatic rings. The molecule has 0 radical (unpaired) electrons. The summed E-state index contributed by atoms with van der Waals surface area (Å²) >= 11 is 2.85. The summed E-state index contributed by atoms with van der Waals surface area (Å²) in [5.41, 5.74) is 4.13. The number of rotatable bonds is 4. The maximum absolute atomic E-state index is 13.3. The molecule has 0 aliphatic carbocycles. The Balaban J connectivity index is 2.37. The zero-order valence-electron chi connectivity index (χ0n) is 14.7. The molecule has 6 heteroatoms. The van der Waals surface area contributed by atoms with E-state index in [4.69, 9.17) is 10.2 Å². The van der Waals surface area contributed by atoms with Gasteiger partial charge in [0.05, 0.1) is 22.9 Å². The van der Waals surface area contributed by atoms with Crippen molar-refractivity contribution in [1.29, 1.82) is 5.26 Å². The van der Waals surface area contributed by atoms with Crippen molar-refractivity contribution in [3.05, 3.63) is 50.1 Å². The van der Waals surface area contributed by atoms with Gasteiger partial charge in [-0.15, -0.1) is 11.3 Å². The quantitative estimate of drug-likeness (QED) is 0.500. The summed E-state index contributed by atoms with van der Waals surface area (Å²) in [6.07, 6.45) is 0.806. The van der Waals surface area contributed by atoms with E-state index in [9.17, 15) is 4.79 Å². The Kier molecular flexibility index (Phi) is 4.98. The lowest BCUT2D eigenvalue weighted by Gasteiger charge is -2.13. The molecule has 4 nitrogen and oxygen atoms in total. The third kappa shape index (κ3) is 3.10. The number of fused-ring (bicyclic) bond motifs is 1. The first kappa shape index (κ1) is 17.7. The average Bonchev–Trinajstić information content (AvgIpc) is 2.91. The largest absolute Gasteiger partial charge is 0.268 e. The second-order valence-corrected chi connectivity index (χ2v) is 8.07. The SMILES string of the molecule is CCc1c(C)sc2nc(SCC#N)n(-c3ccc(C)c(C)c3)c(=O)c12. The summed E-state index contributed by atoms with van der Waals surface area (Å²) in [5.74, 6) is 0.258. The van der Waals surface area contributed by atoms with Crippen molar-refractivity contribution >= 4 is 33.3 Å². The van der Waals surface area contributed by atoms with Crippen LogP contribution in [0.15, 0.2) is 28.2 Å². The van der Waals surface area contributed by atoms with E-state index >= 15 is 0 Å². The van der Waals surface area contributed by atoms with Crippen LogP contribution in [-0.2, 0) is 6.42 Å². The van der Waals surface area contributed by atoms with Gasteiger partial charge >= 0.3 is 0 Å². The first-order chi connectivity index (χ1) is 12.0. The summed E-state index contributed by atoms with van der Waals surface area (Å²) in [6.45, 7) is 8.18. The lowest BCUT2D eigenvalue weighted by Crippen LogP contribution is -2.22. The molecule has 2 aromatic heterocycles. The Bertz CT molecular complexity index is 1060. The van der Waals surface area contributed by atoms with E-state index in [-0.39, 0.29) is 11.3 Å².